The molecule has 1 aliphatic carbocycles. The second-order valence-corrected chi connectivity index (χ2v) is 6.11. The summed E-state index contributed by atoms with van der Waals surface area (Å²) in [5.74, 6) is -0.0788. The van der Waals surface area contributed by atoms with Gasteiger partial charge in [-0.2, -0.15) is 0 Å². The Labute approximate surface area is 140 Å². The molecule has 2 atom stereocenters. The van der Waals surface area contributed by atoms with Gasteiger partial charge >= 0.3 is 0 Å². The zero-order chi connectivity index (χ0) is 17.0. The fraction of sp³-hybridized carbons (Fsp3) is 0.438. The first-order valence-corrected chi connectivity index (χ1v) is 7.89. The number of anilines is 1. The molecule has 7 heteroatoms. The summed E-state index contributed by atoms with van der Waals surface area (Å²) in [6, 6.07) is 4.65. The third-order valence-corrected chi connectivity index (χ3v) is 4.06. The first-order chi connectivity index (χ1) is 10.9. The normalized spacial score (nSPS) is 18.9. The molecule has 0 aromatic heterocycles. The van der Waals surface area contributed by atoms with Gasteiger partial charge in [-0.25, -0.2) is 0 Å². The minimum absolute atomic E-state index is 0.000828. The lowest BCUT2D eigenvalue weighted by Gasteiger charge is -2.11. The molecule has 6 nitrogen and oxygen atoms in total. The van der Waals surface area contributed by atoms with Crippen LogP contribution in [0.15, 0.2) is 18.2 Å². The van der Waals surface area contributed by atoms with Gasteiger partial charge in [0.15, 0.2) is 0 Å². The third-order valence-electron chi connectivity index (χ3n) is 3.82. The molecule has 1 aliphatic rings. The molecule has 0 radical (unpaired) electrons. The lowest BCUT2D eigenvalue weighted by molar-refractivity contribution is -0.122. The lowest BCUT2D eigenvalue weighted by Crippen LogP contribution is -2.29. The molecule has 0 aliphatic heterocycles. The number of carbonyl (C=O) groups excluding carboxylic acids is 3. The molecule has 0 heterocycles. The molecule has 1 aromatic carbocycles. The van der Waals surface area contributed by atoms with Crippen LogP contribution in [0.4, 0.5) is 5.69 Å². The number of halogens is 1. The van der Waals surface area contributed by atoms with Gasteiger partial charge in [0.05, 0.1) is 11.3 Å². The smallest absolute Gasteiger partial charge is 0.253 e. The van der Waals surface area contributed by atoms with Crippen LogP contribution in [0.2, 0.25) is 5.02 Å². The van der Waals surface area contributed by atoms with Crippen molar-refractivity contribution >= 4 is 35.0 Å². The number of amides is 3. The molecule has 0 spiro atoms. The summed E-state index contributed by atoms with van der Waals surface area (Å²) in [7, 11) is 1.51. The van der Waals surface area contributed by atoms with Crippen molar-refractivity contribution < 1.29 is 14.4 Å². The SMILES string of the molecule is CNC(=O)c1ccc(Cl)cc1NC(=O)CCNC(=O)[C@@H]1C[C@@H]1C. The Morgan fingerprint density at radius 1 is 1.30 bits per heavy atom. The van der Waals surface area contributed by atoms with Crippen LogP contribution in [0.3, 0.4) is 0 Å². The van der Waals surface area contributed by atoms with E-state index < -0.39 is 0 Å². The highest BCUT2D eigenvalue weighted by Gasteiger charge is 2.38. The predicted octanol–water partition coefficient (Wildman–Crippen LogP) is 1.80. The van der Waals surface area contributed by atoms with Crippen molar-refractivity contribution in [1.29, 1.82) is 0 Å². The largest absolute Gasteiger partial charge is 0.355 e. The zero-order valence-electron chi connectivity index (χ0n) is 13.1. The summed E-state index contributed by atoms with van der Waals surface area (Å²) in [6.45, 7) is 2.29. The molecule has 3 N–H and O–H groups in total. The van der Waals surface area contributed by atoms with Gasteiger partial charge in [-0.05, 0) is 30.5 Å². The van der Waals surface area contributed by atoms with Crippen molar-refractivity contribution in [2.45, 2.75) is 19.8 Å². The molecule has 0 bridgehead atoms. The average Bonchev–Trinajstić information content (AvgIpc) is 3.23. The van der Waals surface area contributed by atoms with E-state index >= 15 is 0 Å². The first-order valence-electron chi connectivity index (χ1n) is 7.51. The molecule has 2 rings (SSSR count). The third kappa shape index (κ3) is 4.69. The standard InChI is InChI=1S/C16H20ClN3O3/c1-9-7-12(9)16(23)19-6-5-14(21)20-13-8-10(17)3-4-11(13)15(22)18-2/h3-4,8-9,12H,5-7H2,1-2H3,(H,18,22)(H,19,23)(H,20,21)/t9-,12+/m0/s1. The monoisotopic (exact) mass is 337 g/mol. The van der Waals surface area contributed by atoms with E-state index in [1.54, 1.807) is 12.1 Å². The molecular weight excluding hydrogens is 318 g/mol. The van der Waals surface area contributed by atoms with E-state index in [0.717, 1.165) is 6.42 Å². The second-order valence-electron chi connectivity index (χ2n) is 5.68. The Hall–Kier alpha value is -2.08. The summed E-state index contributed by atoms with van der Waals surface area (Å²) >= 11 is 5.91. The van der Waals surface area contributed by atoms with Crippen LogP contribution >= 0.6 is 11.6 Å². The minimum Gasteiger partial charge on any atom is -0.355 e. The van der Waals surface area contributed by atoms with Gasteiger partial charge in [-0.3, -0.25) is 14.4 Å². The molecule has 1 fully saturated rings. The quantitative estimate of drug-likeness (QED) is 0.739. The highest BCUT2D eigenvalue weighted by molar-refractivity contribution is 6.31. The Kier molecular flexibility index (Phi) is 5.60. The molecule has 3 amide bonds. The molecular formula is C16H20ClN3O3. The van der Waals surface area contributed by atoms with Crippen molar-refractivity contribution in [2.75, 3.05) is 18.9 Å². The highest BCUT2D eigenvalue weighted by Crippen LogP contribution is 2.37. The number of rotatable bonds is 6. The van der Waals surface area contributed by atoms with Crippen molar-refractivity contribution in [3.8, 4) is 0 Å². The van der Waals surface area contributed by atoms with E-state index in [2.05, 4.69) is 16.0 Å². The van der Waals surface area contributed by atoms with Gasteiger partial charge in [0.25, 0.3) is 5.91 Å². The molecule has 124 valence electrons. The predicted molar refractivity (Wildman–Crippen MR) is 88.4 cm³/mol. The number of hydrogen-bond donors (Lipinski definition) is 3. The van der Waals surface area contributed by atoms with Crippen LogP contribution in [0.1, 0.15) is 30.1 Å². The van der Waals surface area contributed by atoms with Gasteiger partial charge in [-0.15, -0.1) is 0 Å². The fourth-order valence-corrected chi connectivity index (χ4v) is 2.46. The van der Waals surface area contributed by atoms with E-state index in [9.17, 15) is 14.4 Å². The van der Waals surface area contributed by atoms with Gasteiger partial charge in [0.1, 0.15) is 0 Å². The molecule has 1 saturated carbocycles. The Morgan fingerprint density at radius 2 is 2.00 bits per heavy atom. The van der Waals surface area contributed by atoms with E-state index in [0.29, 0.717) is 22.2 Å². The van der Waals surface area contributed by atoms with Crippen LogP contribution in [-0.4, -0.2) is 31.3 Å². The van der Waals surface area contributed by atoms with E-state index in [4.69, 9.17) is 11.6 Å². The molecule has 0 unspecified atom stereocenters. The Bertz CT molecular complexity index is 633. The molecule has 0 saturated heterocycles. The summed E-state index contributed by atoms with van der Waals surface area (Å²) in [6.07, 6.45) is 1.04. The Balaban J connectivity index is 1.88. The summed E-state index contributed by atoms with van der Waals surface area (Å²) in [5, 5.41) is 8.33. The summed E-state index contributed by atoms with van der Waals surface area (Å²) in [4.78, 5) is 35.4. The number of carbonyl (C=O) groups is 3. The first kappa shape index (κ1) is 17.3. The van der Waals surface area contributed by atoms with E-state index in [1.807, 2.05) is 6.92 Å². The maximum Gasteiger partial charge on any atom is 0.253 e. The molecule has 23 heavy (non-hydrogen) atoms. The highest BCUT2D eigenvalue weighted by atomic mass is 35.5. The summed E-state index contributed by atoms with van der Waals surface area (Å²) < 4.78 is 0. The van der Waals surface area contributed by atoms with E-state index in [-0.39, 0.29) is 36.6 Å². The topological polar surface area (TPSA) is 87.3 Å². The van der Waals surface area contributed by atoms with Crippen molar-refractivity contribution in [3.05, 3.63) is 28.8 Å². The maximum absolute atomic E-state index is 12.0. The zero-order valence-corrected chi connectivity index (χ0v) is 13.9. The number of hydrogen-bond acceptors (Lipinski definition) is 3. The lowest BCUT2D eigenvalue weighted by atomic mass is 10.1. The van der Waals surface area contributed by atoms with Crippen LogP contribution in [0, 0.1) is 11.8 Å². The Morgan fingerprint density at radius 3 is 2.61 bits per heavy atom. The van der Waals surface area contributed by atoms with Gasteiger partial charge in [-0.1, -0.05) is 18.5 Å². The minimum atomic E-state index is -0.312. The van der Waals surface area contributed by atoms with Gasteiger partial charge < -0.3 is 16.0 Å². The summed E-state index contributed by atoms with van der Waals surface area (Å²) in [5.41, 5.74) is 0.685. The van der Waals surface area contributed by atoms with Gasteiger partial charge in [0.2, 0.25) is 11.8 Å². The van der Waals surface area contributed by atoms with E-state index in [1.165, 1.54) is 13.1 Å². The van der Waals surface area contributed by atoms with Crippen LogP contribution < -0.4 is 16.0 Å². The van der Waals surface area contributed by atoms with Gasteiger partial charge in [0, 0.05) is 31.0 Å². The fourth-order valence-electron chi connectivity index (χ4n) is 2.28. The average molecular weight is 338 g/mol. The number of benzene rings is 1. The van der Waals surface area contributed by atoms with Crippen molar-refractivity contribution in [3.63, 3.8) is 0 Å². The van der Waals surface area contributed by atoms with Crippen molar-refractivity contribution in [2.24, 2.45) is 11.8 Å². The maximum atomic E-state index is 12.0. The van der Waals surface area contributed by atoms with Crippen molar-refractivity contribution in [1.82, 2.24) is 10.6 Å². The number of nitrogens with one attached hydrogen (secondary N) is 3. The van der Waals surface area contributed by atoms with Crippen LogP contribution in [0.5, 0.6) is 0 Å². The second kappa shape index (κ2) is 7.46. The van der Waals surface area contributed by atoms with Crippen LogP contribution in [-0.2, 0) is 9.59 Å². The van der Waals surface area contributed by atoms with Crippen LogP contribution in [0.25, 0.3) is 0 Å². The molecule has 1 aromatic rings.